The van der Waals surface area contributed by atoms with Gasteiger partial charge in [-0.25, -0.2) is 19.6 Å². The van der Waals surface area contributed by atoms with E-state index < -0.39 is 17.7 Å². The van der Waals surface area contributed by atoms with Crippen LogP contribution in [0, 0.1) is 0 Å². The van der Waals surface area contributed by atoms with Gasteiger partial charge in [-0.3, -0.25) is 0 Å². The Morgan fingerprint density at radius 3 is 2.50 bits per heavy atom. The van der Waals surface area contributed by atoms with Crippen molar-refractivity contribution in [2.45, 2.75) is 69.5 Å². The van der Waals surface area contributed by atoms with Crippen molar-refractivity contribution in [1.82, 2.24) is 10.0 Å². The van der Waals surface area contributed by atoms with E-state index >= 15 is 0 Å². The molecule has 3 atom stereocenters. The van der Waals surface area contributed by atoms with Crippen LogP contribution in [0.1, 0.15) is 57.4 Å². The second-order valence-electron chi connectivity index (χ2n) is 8.50. The van der Waals surface area contributed by atoms with Gasteiger partial charge in [-0.15, -0.1) is 0 Å². The number of nitrogens with zero attached hydrogens (tertiary/aromatic N) is 2. The van der Waals surface area contributed by atoms with Crippen molar-refractivity contribution in [1.29, 1.82) is 0 Å². The van der Waals surface area contributed by atoms with Crippen molar-refractivity contribution in [2.75, 3.05) is 18.5 Å². The fraction of sp³-hybridized carbons (Fsp3) is 0.565. The van der Waals surface area contributed by atoms with Crippen LogP contribution in [0.4, 0.5) is 15.3 Å². The maximum absolute atomic E-state index is 13.2. The topological polar surface area (TPSA) is 71.1 Å². The molecule has 1 spiro atoms. The fourth-order valence-corrected chi connectivity index (χ4v) is 5.97. The van der Waals surface area contributed by atoms with E-state index in [0.29, 0.717) is 0 Å². The Labute approximate surface area is 177 Å². The maximum atomic E-state index is 13.2. The zero-order valence-corrected chi connectivity index (χ0v) is 17.6. The normalized spacial score (nSPS) is 27.8. The number of hydrazine groups is 1. The highest BCUT2D eigenvalue weighted by Crippen LogP contribution is 2.57. The van der Waals surface area contributed by atoms with Gasteiger partial charge in [-0.05, 0) is 43.9 Å². The summed E-state index contributed by atoms with van der Waals surface area (Å²) in [6.07, 6.45) is 6.23. The number of carbonyl (C=O) groups is 2. The van der Waals surface area contributed by atoms with Crippen molar-refractivity contribution >= 4 is 17.9 Å². The number of anilines is 1. The van der Waals surface area contributed by atoms with Crippen LogP contribution in [0.25, 0.3) is 0 Å². The molecule has 2 heterocycles. The molecular formula is C23H29N3O4. The Balaban J connectivity index is 1.64. The first-order chi connectivity index (χ1) is 14.6. The van der Waals surface area contributed by atoms with Crippen molar-refractivity contribution in [3.63, 3.8) is 0 Å². The van der Waals surface area contributed by atoms with E-state index in [9.17, 15) is 9.59 Å². The summed E-state index contributed by atoms with van der Waals surface area (Å²) in [5, 5.41) is 6.79. The Hall–Kier alpha value is -2.70. The van der Waals surface area contributed by atoms with Crippen LogP contribution in [0.3, 0.4) is 0 Å². The van der Waals surface area contributed by atoms with Gasteiger partial charge in [-0.2, -0.15) is 0 Å². The van der Waals surface area contributed by atoms with Crippen molar-refractivity contribution in [2.24, 2.45) is 0 Å². The summed E-state index contributed by atoms with van der Waals surface area (Å²) in [5.41, 5.74) is 3.00. The molecule has 5 rings (SSSR count). The molecule has 0 bridgehead atoms. The van der Waals surface area contributed by atoms with Crippen molar-refractivity contribution in [3.05, 3.63) is 41.5 Å². The van der Waals surface area contributed by atoms with Gasteiger partial charge in [0.2, 0.25) is 0 Å². The monoisotopic (exact) mass is 411 g/mol. The quantitative estimate of drug-likeness (QED) is 0.730. The predicted molar refractivity (Wildman–Crippen MR) is 112 cm³/mol. The molecule has 7 heteroatoms. The van der Waals surface area contributed by atoms with E-state index in [1.807, 2.05) is 6.07 Å². The van der Waals surface area contributed by atoms with Gasteiger partial charge in [-0.1, -0.05) is 43.5 Å². The molecule has 2 aliphatic carbocycles. The Kier molecular flexibility index (Phi) is 4.64. The number of carbonyl (C=O) groups excluding carboxylic acids is 2. The molecule has 2 amide bonds. The van der Waals surface area contributed by atoms with Gasteiger partial charge in [0.15, 0.2) is 0 Å². The van der Waals surface area contributed by atoms with Gasteiger partial charge in [0.25, 0.3) is 0 Å². The number of nitrogens with one attached hydrogen (secondary N) is 1. The van der Waals surface area contributed by atoms with Crippen molar-refractivity contribution in [3.8, 4) is 0 Å². The number of fused-ring (bicyclic) bond motifs is 6. The largest absolute Gasteiger partial charge is 0.448 e. The standard InChI is InChI=1S/C23H29N3O4/c1-3-29-21(27)25-20-17(14-16-15-10-6-7-11-18(15)24-19(16)20)23(12-8-5-9-13-23)26(25)22(28)30-4-2/h6-7,10-11,14,16,19-20,24H,3-5,8-9,12-13H2,1-2H3/t16-,19+,20+/m0/s1. The third-order valence-electron chi connectivity index (χ3n) is 7.04. The molecule has 1 saturated carbocycles. The van der Waals surface area contributed by atoms with E-state index in [4.69, 9.17) is 9.47 Å². The zero-order chi connectivity index (χ0) is 20.9. The summed E-state index contributed by atoms with van der Waals surface area (Å²) in [7, 11) is 0. The van der Waals surface area contributed by atoms with E-state index in [0.717, 1.165) is 37.8 Å². The highest BCUT2D eigenvalue weighted by molar-refractivity contribution is 5.80. The zero-order valence-electron chi connectivity index (χ0n) is 17.6. The molecule has 0 unspecified atom stereocenters. The summed E-state index contributed by atoms with van der Waals surface area (Å²) >= 11 is 0. The molecule has 2 fully saturated rings. The molecule has 0 radical (unpaired) electrons. The minimum Gasteiger partial charge on any atom is -0.448 e. The van der Waals surface area contributed by atoms with Crippen molar-refractivity contribution < 1.29 is 19.1 Å². The van der Waals surface area contributed by atoms with E-state index in [2.05, 4.69) is 29.6 Å². The number of ether oxygens (including phenoxy) is 2. The lowest BCUT2D eigenvalue weighted by Crippen LogP contribution is -2.58. The molecular weight excluding hydrogens is 382 g/mol. The summed E-state index contributed by atoms with van der Waals surface area (Å²) < 4.78 is 10.9. The second kappa shape index (κ2) is 7.22. The van der Waals surface area contributed by atoms with E-state index in [1.54, 1.807) is 23.9 Å². The lowest BCUT2D eigenvalue weighted by molar-refractivity contribution is -0.0563. The van der Waals surface area contributed by atoms with Crippen LogP contribution in [-0.4, -0.2) is 53.0 Å². The van der Waals surface area contributed by atoms with E-state index in [-0.39, 0.29) is 31.2 Å². The van der Waals surface area contributed by atoms with Crippen LogP contribution in [0.2, 0.25) is 0 Å². The average molecular weight is 412 g/mol. The Morgan fingerprint density at radius 1 is 1.07 bits per heavy atom. The highest BCUT2D eigenvalue weighted by atomic mass is 16.6. The van der Waals surface area contributed by atoms with Gasteiger partial charge in [0, 0.05) is 11.6 Å². The number of amides is 2. The molecule has 160 valence electrons. The molecule has 7 nitrogen and oxygen atoms in total. The fourth-order valence-electron chi connectivity index (χ4n) is 5.97. The molecule has 1 saturated heterocycles. The number of benzene rings is 1. The number of para-hydroxylation sites is 1. The SMILES string of the molecule is CCOC(=O)N1[C@@H]2C(=C[C@H]3c4ccccc4N[C@@H]23)C2(CCCCC2)N1C(=O)OCC. The lowest BCUT2D eigenvalue weighted by atomic mass is 9.75. The van der Waals surface area contributed by atoms with E-state index in [1.165, 1.54) is 11.1 Å². The minimum atomic E-state index is -0.511. The average Bonchev–Trinajstić information content (AvgIpc) is 3.36. The van der Waals surface area contributed by atoms with Gasteiger partial charge in [0.05, 0.1) is 24.8 Å². The summed E-state index contributed by atoms with van der Waals surface area (Å²) in [6, 6.07) is 8.02. The van der Waals surface area contributed by atoms with Crippen LogP contribution < -0.4 is 5.32 Å². The third-order valence-corrected chi connectivity index (χ3v) is 7.04. The summed E-state index contributed by atoms with van der Waals surface area (Å²) in [5.74, 6) is 0.182. The first-order valence-corrected chi connectivity index (χ1v) is 11.1. The van der Waals surface area contributed by atoms with Gasteiger partial charge in [0.1, 0.15) is 6.04 Å². The molecule has 4 aliphatic rings. The van der Waals surface area contributed by atoms with Crippen LogP contribution in [-0.2, 0) is 9.47 Å². The van der Waals surface area contributed by atoms with Gasteiger partial charge < -0.3 is 14.8 Å². The molecule has 30 heavy (non-hydrogen) atoms. The smallest absolute Gasteiger partial charge is 0.429 e. The third kappa shape index (κ3) is 2.57. The maximum Gasteiger partial charge on any atom is 0.429 e. The number of hydrogen-bond donors (Lipinski definition) is 1. The molecule has 1 aromatic carbocycles. The summed E-state index contributed by atoms with van der Waals surface area (Å²) in [4.78, 5) is 26.4. The molecule has 1 N–H and O–H groups in total. The lowest BCUT2D eigenvalue weighted by Gasteiger charge is -2.43. The number of rotatable bonds is 2. The molecule has 0 aromatic heterocycles. The predicted octanol–water partition coefficient (Wildman–Crippen LogP) is 4.42. The van der Waals surface area contributed by atoms with Gasteiger partial charge >= 0.3 is 12.2 Å². The summed E-state index contributed by atoms with van der Waals surface area (Å²) in [6.45, 7) is 4.10. The number of hydrogen-bond acceptors (Lipinski definition) is 5. The first kappa shape index (κ1) is 19.3. The Morgan fingerprint density at radius 2 is 1.77 bits per heavy atom. The minimum absolute atomic E-state index is 0.0139. The molecule has 1 aromatic rings. The van der Waals surface area contributed by atoms with Crippen LogP contribution in [0.5, 0.6) is 0 Å². The second-order valence-corrected chi connectivity index (χ2v) is 8.50. The van der Waals surface area contributed by atoms with Crippen LogP contribution in [0.15, 0.2) is 35.9 Å². The van der Waals surface area contributed by atoms with Crippen LogP contribution >= 0.6 is 0 Å². The first-order valence-electron chi connectivity index (χ1n) is 11.1. The molecule has 2 aliphatic heterocycles. The Bertz CT molecular complexity index is 892. The highest BCUT2D eigenvalue weighted by Gasteiger charge is 2.65.